The Bertz CT molecular complexity index is 1380. The van der Waals surface area contributed by atoms with E-state index >= 15 is 0 Å². The first kappa shape index (κ1) is 25.2. The maximum absolute atomic E-state index is 13.3. The zero-order valence-corrected chi connectivity index (χ0v) is 21.9. The average Bonchev–Trinajstić information content (AvgIpc) is 3.23. The first-order valence-electron chi connectivity index (χ1n) is 12.1. The van der Waals surface area contributed by atoms with Crippen molar-refractivity contribution >= 4 is 37.1 Å². The highest BCUT2D eigenvalue weighted by Gasteiger charge is 2.25. The van der Waals surface area contributed by atoms with Crippen LogP contribution in [0.25, 0.3) is 32.6 Å². The van der Waals surface area contributed by atoms with E-state index in [1.165, 1.54) is 24.2 Å². The minimum atomic E-state index is -3.49. The number of fused-ring (bicyclic) bond motifs is 1. The van der Waals surface area contributed by atoms with E-state index < -0.39 is 9.84 Å². The topological polar surface area (TPSA) is 82.3 Å². The van der Waals surface area contributed by atoms with Gasteiger partial charge in [-0.3, -0.25) is 0 Å². The summed E-state index contributed by atoms with van der Waals surface area (Å²) in [6.07, 6.45) is 6.15. The Morgan fingerprint density at radius 2 is 1.60 bits per heavy atom. The Kier molecular flexibility index (Phi) is 8.08. The predicted octanol–water partition coefficient (Wildman–Crippen LogP) is 7.36. The van der Waals surface area contributed by atoms with Gasteiger partial charge in [0, 0.05) is 10.9 Å². The number of sulfone groups is 1. The maximum Gasteiger partial charge on any atom is 0.189 e. The minimum Gasteiger partial charge on any atom is -0.497 e. The second kappa shape index (κ2) is 11.2. The van der Waals surface area contributed by atoms with Gasteiger partial charge in [0.05, 0.1) is 24.2 Å². The van der Waals surface area contributed by atoms with Crippen LogP contribution in [0.1, 0.15) is 45.4 Å². The molecule has 0 atom stereocenters. The van der Waals surface area contributed by atoms with Crippen LogP contribution in [0.3, 0.4) is 0 Å². The summed E-state index contributed by atoms with van der Waals surface area (Å²) < 4.78 is 32.1. The Hall–Kier alpha value is -2.90. The van der Waals surface area contributed by atoms with Gasteiger partial charge in [-0.15, -0.1) is 11.3 Å². The summed E-state index contributed by atoms with van der Waals surface area (Å²) >= 11 is 1.18. The van der Waals surface area contributed by atoms with Gasteiger partial charge in [0.25, 0.3) is 0 Å². The monoisotopic (exact) mass is 508 g/mol. The lowest BCUT2D eigenvalue weighted by Gasteiger charge is -2.09. The van der Waals surface area contributed by atoms with E-state index in [9.17, 15) is 8.42 Å². The van der Waals surface area contributed by atoms with Crippen molar-refractivity contribution in [2.24, 2.45) is 0 Å². The number of unbranched alkanes of at least 4 members (excludes halogenated alkanes) is 5. The van der Waals surface area contributed by atoms with Crippen LogP contribution >= 0.6 is 11.3 Å². The van der Waals surface area contributed by atoms with E-state index in [4.69, 9.17) is 15.5 Å². The van der Waals surface area contributed by atoms with Crippen LogP contribution in [0.15, 0.2) is 64.9 Å². The highest BCUT2D eigenvalue weighted by molar-refractivity contribution is 7.93. The number of hydrogen-bond acceptors (Lipinski definition) is 6. The predicted molar refractivity (Wildman–Crippen MR) is 147 cm³/mol. The van der Waals surface area contributed by atoms with Crippen molar-refractivity contribution in [3.05, 3.63) is 60.7 Å². The number of nitrogen functional groups attached to an aromatic ring is 1. The highest BCUT2D eigenvalue weighted by Crippen LogP contribution is 2.43. The quantitative estimate of drug-likeness (QED) is 0.214. The third kappa shape index (κ3) is 5.68. The second-order valence-corrected chi connectivity index (χ2v) is 12.0. The molecule has 184 valence electrons. The summed E-state index contributed by atoms with van der Waals surface area (Å²) in [5, 5.41) is 0.708. The number of methoxy groups -OCH3 is 1. The number of benzene rings is 2. The Morgan fingerprint density at radius 3 is 2.29 bits per heavy atom. The number of pyridine rings is 1. The van der Waals surface area contributed by atoms with Crippen molar-refractivity contribution < 1.29 is 13.2 Å². The molecule has 2 aromatic carbocycles. The number of aromatic nitrogens is 1. The van der Waals surface area contributed by atoms with Crippen LogP contribution in [0.2, 0.25) is 0 Å². The fourth-order valence-corrected chi connectivity index (χ4v) is 7.31. The lowest BCUT2D eigenvalue weighted by atomic mass is 10.00. The van der Waals surface area contributed by atoms with Gasteiger partial charge < -0.3 is 10.5 Å². The lowest BCUT2D eigenvalue weighted by Crippen LogP contribution is -2.07. The van der Waals surface area contributed by atoms with Gasteiger partial charge in [-0.25, -0.2) is 13.4 Å². The Labute approximate surface area is 211 Å². The molecule has 2 N–H and O–H groups in total. The number of ether oxygens (including phenoxy) is 1. The van der Waals surface area contributed by atoms with Crippen molar-refractivity contribution in [1.82, 2.24) is 4.98 Å². The molecule has 35 heavy (non-hydrogen) atoms. The molecule has 0 fully saturated rings. The zero-order valence-electron chi connectivity index (χ0n) is 20.3. The minimum absolute atomic E-state index is 0.113. The molecule has 0 amide bonds. The second-order valence-electron chi connectivity index (χ2n) is 8.72. The molecule has 0 bridgehead atoms. The summed E-state index contributed by atoms with van der Waals surface area (Å²) in [5.41, 5.74) is 10.4. The molecule has 2 aromatic heterocycles. The van der Waals surface area contributed by atoms with E-state index in [-0.39, 0.29) is 9.96 Å². The van der Waals surface area contributed by atoms with Crippen molar-refractivity contribution in [2.75, 3.05) is 18.6 Å². The fourth-order valence-electron chi connectivity index (χ4n) is 4.25. The lowest BCUT2D eigenvalue weighted by molar-refractivity contribution is 0.415. The molecule has 4 rings (SSSR count). The standard InChI is InChI=1S/C28H32N2O3S2/c1-3-4-5-6-7-11-18-35(31,32)28-26(29)25-23(20-12-9-8-10-13-20)19-24(30-27(25)34-28)21-14-16-22(33-2)17-15-21/h8-10,12-17,19H,3-7,11,18,29H2,1-2H3. The molecule has 5 nitrogen and oxygen atoms in total. The van der Waals surface area contributed by atoms with Crippen molar-refractivity contribution in [3.63, 3.8) is 0 Å². The Balaban J connectivity index is 1.75. The van der Waals surface area contributed by atoms with E-state index in [2.05, 4.69) is 6.92 Å². The molecule has 2 heterocycles. The molecule has 0 unspecified atom stereocenters. The van der Waals surface area contributed by atoms with E-state index in [0.717, 1.165) is 47.4 Å². The van der Waals surface area contributed by atoms with E-state index in [1.807, 2.05) is 60.7 Å². The molecule has 7 heteroatoms. The first-order chi connectivity index (χ1) is 16.9. The largest absolute Gasteiger partial charge is 0.497 e. The molecule has 0 aliphatic heterocycles. The van der Waals surface area contributed by atoms with Gasteiger partial charge in [-0.1, -0.05) is 69.4 Å². The van der Waals surface area contributed by atoms with Crippen molar-refractivity contribution in [3.8, 4) is 28.1 Å². The number of nitrogens with zero attached hydrogens (tertiary/aromatic N) is 1. The summed E-state index contributed by atoms with van der Waals surface area (Å²) in [7, 11) is -1.86. The molecular formula is C28H32N2O3S2. The van der Waals surface area contributed by atoms with E-state index in [0.29, 0.717) is 22.3 Å². The highest BCUT2D eigenvalue weighted by atomic mass is 32.2. The van der Waals surface area contributed by atoms with Gasteiger partial charge in [-0.2, -0.15) is 0 Å². The smallest absolute Gasteiger partial charge is 0.189 e. The van der Waals surface area contributed by atoms with Crippen LogP contribution in [0.4, 0.5) is 5.69 Å². The molecule has 0 saturated carbocycles. The van der Waals surface area contributed by atoms with Crippen LogP contribution in [-0.4, -0.2) is 26.3 Å². The van der Waals surface area contributed by atoms with Crippen LogP contribution in [-0.2, 0) is 9.84 Å². The zero-order chi connectivity index (χ0) is 24.8. The van der Waals surface area contributed by atoms with Gasteiger partial charge in [0.2, 0.25) is 0 Å². The van der Waals surface area contributed by atoms with Crippen LogP contribution in [0.5, 0.6) is 5.75 Å². The average molecular weight is 509 g/mol. The number of anilines is 1. The number of thiophene rings is 1. The third-order valence-electron chi connectivity index (χ3n) is 6.18. The summed E-state index contributed by atoms with van der Waals surface area (Å²) in [4.78, 5) is 5.48. The number of nitrogens with two attached hydrogens (primary N) is 1. The molecule has 0 spiro atoms. The Morgan fingerprint density at radius 1 is 0.914 bits per heavy atom. The van der Waals surface area contributed by atoms with E-state index in [1.54, 1.807) is 7.11 Å². The molecule has 0 saturated heterocycles. The summed E-state index contributed by atoms with van der Waals surface area (Å²) in [6, 6.07) is 19.6. The number of hydrogen-bond donors (Lipinski definition) is 1. The van der Waals surface area contributed by atoms with Crippen LogP contribution in [0, 0.1) is 0 Å². The number of rotatable bonds is 11. The molecular weight excluding hydrogens is 476 g/mol. The molecule has 0 aliphatic carbocycles. The van der Waals surface area contributed by atoms with Gasteiger partial charge in [0.1, 0.15) is 14.8 Å². The first-order valence-corrected chi connectivity index (χ1v) is 14.6. The summed E-state index contributed by atoms with van der Waals surface area (Å²) in [5.74, 6) is 0.879. The van der Waals surface area contributed by atoms with Crippen LogP contribution < -0.4 is 10.5 Å². The fraction of sp³-hybridized carbons (Fsp3) is 0.321. The molecule has 0 aliphatic rings. The van der Waals surface area contributed by atoms with Crippen molar-refractivity contribution in [2.45, 2.75) is 49.7 Å². The van der Waals surface area contributed by atoms with Gasteiger partial charge in [-0.05, 0) is 47.9 Å². The summed E-state index contributed by atoms with van der Waals surface area (Å²) in [6.45, 7) is 2.17. The SMILES string of the molecule is CCCCCCCCS(=O)(=O)c1sc2nc(-c3ccc(OC)cc3)cc(-c3ccccc3)c2c1N. The normalized spacial score (nSPS) is 11.7. The molecule has 0 radical (unpaired) electrons. The van der Waals surface area contributed by atoms with Gasteiger partial charge in [0.15, 0.2) is 9.84 Å². The molecule has 4 aromatic rings. The van der Waals surface area contributed by atoms with Crippen molar-refractivity contribution in [1.29, 1.82) is 0 Å². The maximum atomic E-state index is 13.3. The van der Waals surface area contributed by atoms with Gasteiger partial charge >= 0.3 is 0 Å². The third-order valence-corrected chi connectivity index (χ3v) is 9.70.